The van der Waals surface area contributed by atoms with E-state index in [4.69, 9.17) is 9.47 Å². The lowest BCUT2D eigenvalue weighted by Gasteiger charge is -2.12. The summed E-state index contributed by atoms with van der Waals surface area (Å²) >= 11 is 0. The van der Waals surface area contributed by atoms with Crippen molar-refractivity contribution in [1.82, 2.24) is 0 Å². The van der Waals surface area contributed by atoms with Crippen molar-refractivity contribution in [3.8, 4) is 11.5 Å². The van der Waals surface area contributed by atoms with Gasteiger partial charge in [-0.15, -0.1) is 0 Å². The molecule has 8 heteroatoms. The summed E-state index contributed by atoms with van der Waals surface area (Å²) in [6.07, 6.45) is 0.737. The van der Waals surface area contributed by atoms with Crippen LogP contribution in [0.3, 0.4) is 0 Å². The molecule has 166 valence electrons. The molecule has 3 aromatic carbocycles. The molecule has 0 unspecified atom stereocenters. The van der Waals surface area contributed by atoms with Crippen molar-refractivity contribution < 1.29 is 22.7 Å². The highest BCUT2D eigenvalue weighted by Gasteiger charge is 2.19. The number of aryl methyl sites for hydroxylation is 2. The number of benzene rings is 3. The van der Waals surface area contributed by atoms with Crippen LogP contribution < -0.4 is 19.5 Å². The van der Waals surface area contributed by atoms with Crippen LogP contribution in [0.25, 0.3) is 0 Å². The van der Waals surface area contributed by atoms with Gasteiger partial charge in [-0.05, 0) is 61.9 Å². The van der Waals surface area contributed by atoms with Gasteiger partial charge in [0.25, 0.3) is 15.9 Å². The predicted octanol–water partition coefficient (Wildman–Crippen LogP) is 4.52. The second-order valence-electron chi connectivity index (χ2n) is 7.61. The van der Waals surface area contributed by atoms with Crippen LogP contribution in [0.15, 0.2) is 65.6 Å². The monoisotopic (exact) mass is 452 g/mol. The third-order valence-corrected chi connectivity index (χ3v) is 6.43. The van der Waals surface area contributed by atoms with E-state index in [1.54, 1.807) is 36.4 Å². The third-order valence-electron chi connectivity index (χ3n) is 5.05. The molecule has 2 N–H and O–H groups in total. The van der Waals surface area contributed by atoms with Crippen molar-refractivity contribution in [2.45, 2.75) is 25.2 Å². The van der Waals surface area contributed by atoms with E-state index in [2.05, 4.69) is 10.0 Å². The Kier molecular flexibility index (Phi) is 6.05. The molecular formula is C24H24N2O5S. The summed E-state index contributed by atoms with van der Waals surface area (Å²) in [5.41, 5.74) is 3.51. The number of fused-ring (bicyclic) bond motifs is 1. The highest BCUT2D eigenvalue weighted by Crippen LogP contribution is 2.32. The zero-order chi connectivity index (χ0) is 22.7. The van der Waals surface area contributed by atoms with Crippen LogP contribution >= 0.6 is 0 Å². The van der Waals surface area contributed by atoms with Gasteiger partial charge in [-0.25, -0.2) is 8.42 Å². The summed E-state index contributed by atoms with van der Waals surface area (Å²) in [6.45, 7) is 4.86. The number of anilines is 2. The quantitative estimate of drug-likeness (QED) is 0.594. The van der Waals surface area contributed by atoms with Gasteiger partial charge >= 0.3 is 0 Å². The molecule has 0 aliphatic carbocycles. The number of hydrogen-bond donors (Lipinski definition) is 2. The average molecular weight is 453 g/mol. The van der Waals surface area contributed by atoms with E-state index in [1.807, 2.05) is 26.0 Å². The van der Waals surface area contributed by atoms with Gasteiger partial charge in [-0.1, -0.05) is 17.7 Å². The van der Waals surface area contributed by atoms with Crippen molar-refractivity contribution in [3.05, 3.63) is 77.4 Å². The maximum Gasteiger partial charge on any atom is 0.262 e. The van der Waals surface area contributed by atoms with Crippen molar-refractivity contribution in [3.63, 3.8) is 0 Å². The molecule has 0 spiro atoms. The van der Waals surface area contributed by atoms with Gasteiger partial charge in [-0.2, -0.15) is 0 Å². The fourth-order valence-corrected chi connectivity index (χ4v) is 4.49. The van der Waals surface area contributed by atoms with E-state index < -0.39 is 10.0 Å². The molecule has 1 aliphatic rings. The summed E-state index contributed by atoms with van der Waals surface area (Å²) in [6, 6.07) is 16.7. The van der Waals surface area contributed by atoms with Crippen LogP contribution in [-0.4, -0.2) is 27.5 Å². The first kappa shape index (κ1) is 21.7. The Labute approximate surface area is 187 Å². The lowest BCUT2D eigenvalue weighted by Crippen LogP contribution is -2.14. The zero-order valence-corrected chi connectivity index (χ0v) is 18.7. The van der Waals surface area contributed by atoms with Crippen LogP contribution in [0, 0.1) is 13.8 Å². The standard InChI is InChI=1S/C24H24N2O5S/c1-16-4-10-21(17(2)14-16)24(27)25-18-5-7-19(8-6-18)26-32(28,29)20-9-11-22-23(15-20)31-13-3-12-30-22/h4-11,14-15,26H,3,12-13H2,1-2H3,(H,25,27). The number of rotatable bonds is 5. The molecule has 7 nitrogen and oxygen atoms in total. The van der Waals surface area contributed by atoms with Crippen LogP contribution in [0.2, 0.25) is 0 Å². The van der Waals surface area contributed by atoms with Gasteiger partial charge in [0.15, 0.2) is 11.5 Å². The minimum atomic E-state index is -3.82. The van der Waals surface area contributed by atoms with E-state index in [-0.39, 0.29) is 10.8 Å². The summed E-state index contributed by atoms with van der Waals surface area (Å²) in [5, 5.41) is 2.83. The van der Waals surface area contributed by atoms with Gasteiger partial charge in [0.2, 0.25) is 0 Å². The van der Waals surface area contributed by atoms with Gasteiger partial charge in [-0.3, -0.25) is 9.52 Å². The Morgan fingerprint density at radius 2 is 1.53 bits per heavy atom. The maximum absolute atomic E-state index is 12.8. The third kappa shape index (κ3) is 4.86. The van der Waals surface area contributed by atoms with Crippen molar-refractivity contribution in [2.75, 3.05) is 23.3 Å². The Balaban J connectivity index is 1.46. The Hall–Kier alpha value is -3.52. The lowest BCUT2D eigenvalue weighted by atomic mass is 10.1. The molecule has 1 amide bonds. The predicted molar refractivity (Wildman–Crippen MR) is 123 cm³/mol. The summed E-state index contributed by atoms with van der Waals surface area (Å²) in [7, 11) is -3.82. The molecule has 0 atom stereocenters. The second kappa shape index (κ2) is 8.92. The lowest BCUT2D eigenvalue weighted by molar-refractivity contribution is 0.102. The number of nitrogens with one attached hydrogen (secondary N) is 2. The molecule has 0 saturated heterocycles. The van der Waals surface area contributed by atoms with E-state index in [0.29, 0.717) is 41.7 Å². The molecule has 1 heterocycles. The van der Waals surface area contributed by atoms with E-state index in [1.165, 1.54) is 12.1 Å². The van der Waals surface area contributed by atoms with Crippen LogP contribution in [-0.2, 0) is 10.0 Å². The first-order valence-corrected chi connectivity index (χ1v) is 11.7. The van der Waals surface area contributed by atoms with Crippen molar-refractivity contribution >= 4 is 27.3 Å². The first-order chi connectivity index (χ1) is 15.3. The summed E-state index contributed by atoms with van der Waals surface area (Å²) in [5.74, 6) is 0.725. The normalized spacial score (nSPS) is 13.2. The van der Waals surface area contributed by atoms with Gasteiger partial charge in [0.1, 0.15) is 0 Å². The molecule has 0 bridgehead atoms. The highest BCUT2D eigenvalue weighted by molar-refractivity contribution is 7.92. The SMILES string of the molecule is Cc1ccc(C(=O)Nc2ccc(NS(=O)(=O)c3ccc4c(c3)OCCCO4)cc2)c(C)c1. The molecule has 0 fully saturated rings. The maximum atomic E-state index is 12.8. The van der Waals surface area contributed by atoms with E-state index >= 15 is 0 Å². The Morgan fingerprint density at radius 3 is 2.25 bits per heavy atom. The number of carbonyl (C=O) groups excluding carboxylic acids is 1. The highest BCUT2D eigenvalue weighted by atomic mass is 32.2. The number of hydrogen-bond acceptors (Lipinski definition) is 5. The topological polar surface area (TPSA) is 93.7 Å². The average Bonchev–Trinajstić information content (AvgIpc) is 3.00. The minimum absolute atomic E-state index is 0.0778. The van der Waals surface area contributed by atoms with Crippen LogP contribution in [0.5, 0.6) is 11.5 Å². The molecular weight excluding hydrogens is 428 g/mol. The molecule has 0 radical (unpaired) electrons. The fourth-order valence-electron chi connectivity index (χ4n) is 3.41. The second-order valence-corrected chi connectivity index (χ2v) is 9.30. The fraction of sp³-hybridized carbons (Fsp3) is 0.208. The molecule has 3 aromatic rings. The number of carbonyl (C=O) groups is 1. The summed E-state index contributed by atoms with van der Waals surface area (Å²) in [4.78, 5) is 12.6. The zero-order valence-electron chi connectivity index (χ0n) is 17.8. The first-order valence-electron chi connectivity index (χ1n) is 10.2. The largest absolute Gasteiger partial charge is 0.490 e. The molecule has 0 saturated carbocycles. The minimum Gasteiger partial charge on any atom is -0.490 e. The van der Waals surface area contributed by atoms with Gasteiger partial charge in [0.05, 0.1) is 18.1 Å². The van der Waals surface area contributed by atoms with Gasteiger partial charge < -0.3 is 14.8 Å². The van der Waals surface area contributed by atoms with Crippen LogP contribution in [0.1, 0.15) is 27.9 Å². The van der Waals surface area contributed by atoms with Crippen molar-refractivity contribution in [2.24, 2.45) is 0 Å². The molecule has 32 heavy (non-hydrogen) atoms. The Morgan fingerprint density at radius 1 is 0.844 bits per heavy atom. The summed E-state index contributed by atoms with van der Waals surface area (Å²) < 4.78 is 39.3. The van der Waals surface area contributed by atoms with Crippen molar-refractivity contribution in [1.29, 1.82) is 0 Å². The molecule has 4 rings (SSSR count). The number of ether oxygens (including phenoxy) is 2. The van der Waals surface area contributed by atoms with Crippen LogP contribution in [0.4, 0.5) is 11.4 Å². The van der Waals surface area contributed by atoms with E-state index in [0.717, 1.165) is 17.5 Å². The Bertz CT molecular complexity index is 1250. The molecule has 0 aromatic heterocycles. The number of sulfonamides is 1. The molecule has 1 aliphatic heterocycles. The van der Waals surface area contributed by atoms with E-state index in [9.17, 15) is 13.2 Å². The smallest absolute Gasteiger partial charge is 0.262 e. The number of amides is 1. The van der Waals surface area contributed by atoms with Gasteiger partial charge in [0, 0.05) is 29.4 Å².